The van der Waals surface area contributed by atoms with Gasteiger partial charge in [0.05, 0.1) is 24.8 Å². The fourth-order valence-electron chi connectivity index (χ4n) is 3.98. The molecule has 0 saturated carbocycles. The van der Waals surface area contributed by atoms with Crippen LogP contribution in [0.25, 0.3) is 0 Å². The van der Waals surface area contributed by atoms with Crippen molar-refractivity contribution >= 4 is 17.3 Å². The van der Waals surface area contributed by atoms with Gasteiger partial charge in [0.2, 0.25) is 0 Å². The van der Waals surface area contributed by atoms with Crippen LogP contribution in [-0.2, 0) is 6.18 Å². The van der Waals surface area contributed by atoms with E-state index < -0.39 is 11.7 Å². The summed E-state index contributed by atoms with van der Waals surface area (Å²) in [6.45, 7) is 4.90. The van der Waals surface area contributed by atoms with Crippen LogP contribution in [0.3, 0.4) is 0 Å². The molecule has 164 valence electrons. The lowest BCUT2D eigenvalue weighted by Crippen LogP contribution is -2.47. The molecule has 1 atom stereocenters. The highest BCUT2D eigenvalue weighted by atomic mass is 35.5. The zero-order valence-electron chi connectivity index (χ0n) is 17.3. The smallest absolute Gasteiger partial charge is 0.417 e. The van der Waals surface area contributed by atoms with E-state index in [9.17, 15) is 13.2 Å². The number of nitrogens with zero attached hydrogens (tertiary/aromatic N) is 2. The maximum atomic E-state index is 13.2. The van der Waals surface area contributed by atoms with Gasteiger partial charge in [-0.1, -0.05) is 24.6 Å². The van der Waals surface area contributed by atoms with Crippen LogP contribution in [-0.4, -0.2) is 45.3 Å². The zero-order chi connectivity index (χ0) is 21.9. The molecule has 0 spiro atoms. The fourth-order valence-corrected chi connectivity index (χ4v) is 4.21. The Labute approximate surface area is 180 Å². The molecule has 0 aromatic heterocycles. The Morgan fingerprint density at radius 3 is 2.20 bits per heavy atom. The molecular formula is C22H26ClF3N2O2. The van der Waals surface area contributed by atoms with E-state index in [1.54, 1.807) is 20.3 Å². The Bertz CT molecular complexity index is 868. The lowest BCUT2D eigenvalue weighted by atomic mass is 10.0. The first-order chi connectivity index (χ1) is 14.3. The third kappa shape index (κ3) is 4.78. The molecule has 0 aliphatic carbocycles. The normalized spacial score (nSPS) is 16.4. The first-order valence-corrected chi connectivity index (χ1v) is 10.2. The average Bonchev–Trinajstić information content (AvgIpc) is 2.74. The van der Waals surface area contributed by atoms with E-state index in [0.29, 0.717) is 30.3 Å². The number of alkyl halides is 3. The predicted molar refractivity (Wildman–Crippen MR) is 113 cm³/mol. The molecule has 1 unspecified atom stereocenters. The van der Waals surface area contributed by atoms with E-state index >= 15 is 0 Å². The van der Waals surface area contributed by atoms with Crippen LogP contribution < -0.4 is 14.4 Å². The highest BCUT2D eigenvalue weighted by Crippen LogP contribution is 2.38. The molecular weight excluding hydrogens is 417 g/mol. The molecule has 1 saturated heterocycles. The molecule has 30 heavy (non-hydrogen) atoms. The largest absolute Gasteiger partial charge is 0.493 e. The van der Waals surface area contributed by atoms with E-state index in [-0.39, 0.29) is 11.1 Å². The second kappa shape index (κ2) is 9.35. The lowest BCUT2D eigenvalue weighted by molar-refractivity contribution is -0.137. The van der Waals surface area contributed by atoms with Gasteiger partial charge in [0.25, 0.3) is 0 Å². The number of ether oxygens (including phenoxy) is 2. The summed E-state index contributed by atoms with van der Waals surface area (Å²) in [5, 5.41) is -0.274. The molecule has 3 rings (SSSR count). The van der Waals surface area contributed by atoms with Crippen molar-refractivity contribution in [2.24, 2.45) is 0 Å². The van der Waals surface area contributed by atoms with Crippen molar-refractivity contribution in [1.82, 2.24) is 4.90 Å². The Morgan fingerprint density at radius 1 is 0.967 bits per heavy atom. The Kier molecular flexibility index (Phi) is 7.03. The minimum absolute atomic E-state index is 0.197. The highest BCUT2D eigenvalue weighted by molar-refractivity contribution is 6.31. The van der Waals surface area contributed by atoms with Gasteiger partial charge in [-0.25, -0.2) is 0 Å². The topological polar surface area (TPSA) is 24.9 Å². The monoisotopic (exact) mass is 442 g/mol. The van der Waals surface area contributed by atoms with Crippen molar-refractivity contribution in [3.8, 4) is 11.5 Å². The van der Waals surface area contributed by atoms with Gasteiger partial charge in [-0.05, 0) is 42.3 Å². The van der Waals surface area contributed by atoms with E-state index in [1.165, 1.54) is 6.07 Å². The second-order valence-electron chi connectivity index (χ2n) is 7.22. The SMILES string of the molecule is CCC(c1ccc(OC)c(OC)c1)N1CCN(c2ccc(Cl)c(C(F)(F)F)c2)CC1. The maximum absolute atomic E-state index is 13.2. The standard InChI is InChI=1S/C22H26ClF3N2O2/c1-4-19(15-5-8-20(29-2)21(13-15)30-3)28-11-9-27(10-12-28)16-6-7-18(23)17(14-16)22(24,25)26/h5-8,13-14,19H,4,9-12H2,1-3H3. The molecule has 0 bridgehead atoms. The zero-order valence-corrected chi connectivity index (χ0v) is 18.1. The molecule has 0 radical (unpaired) electrons. The average molecular weight is 443 g/mol. The minimum atomic E-state index is -4.46. The first-order valence-electron chi connectivity index (χ1n) is 9.86. The number of piperazine rings is 1. The second-order valence-corrected chi connectivity index (χ2v) is 7.63. The summed E-state index contributed by atoms with van der Waals surface area (Å²) >= 11 is 5.75. The Hall–Kier alpha value is -2.12. The van der Waals surface area contributed by atoms with Crippen LogP contribution in [0.4, 0.5) is 18.9 Å². The van der Waals surface area contributed by atoms with Crippen molar-refractivity contribution in [2.75, 3.05) is 45.3 Å². The molecule has 1 heterocycles. The molecule has 1 aliphatic heterocycles. The van der Waals surface area contributed by atoms with Gasteiger partial charge in [-0.2, -0.15) is 13.2 Å². The van der Waals surface area contributed by atoms with Crippen LogP contribution in [0.2, 0.25) is 5.02 Å². The van der Waals surface area contributed by atoms with E-state index in [4.69, 9.17) is 21.1 Å². The first kappa shape index (κ1) is 22.6. The summed E-state index contributed by atoms with van der Waals surface area (Å²) in [6, 6.07) is 10.3. The van der Waals surface area contributed by atoms with Gasteiger partial charge >= 0.3 is 6.18 Å². The molecule has 0 amide bonds. The third-order valence-electron chi connectivity index (χ3n) is 5.55. The van der Waals surface area contributed by atoms with Gasteiger partial charge in [-0.15, -0.1) is 0 Å². The lowest BCUT2D eigenvalue weighted by Gasteiger charge is -2.40. The number of methoxy groups -OCH3 is 2. The van der Waals surface area contributed by atoms with Crippen LogP contribution in [0.1, 0.15) is 30.5 Å². The Morgan fingerprint density at radius 2 is 1.63 bits per heavy atom. The van der Waals surface area contributed by atoms with Crippen molar-refractivity contribution in [3.63, 3.8) is 0 Å². The highest BCUT2D eigenvalue weighted by Gasteiger charge is 2.34. The van der Waals surface area contributed by atoms with Crippen molar-refractivity contribution in [2.45, 2.75) is 25.6 Å². The summed E-state index contributed by atoms with van der Waals surface area (Å²) in [6.07, 6.45) is -3.55. The number of halogens is 4. The third-order valence-corrected chi connectivity index (χ3v) is 5.88. The summed E-state index contributed by atoms with van der Waals surface area (Å²) in [5.41, 5.74) is 0.890. The maximum Gasteiger partial charge on any atom is 0.417 e. The number of rotatable bonds is 6. The van der Waals surface area contributed by atoms with Gasteiger partial charge < -0.3 is 14.4 Å². The summed E-state index contributed by atoms with van der Waals surface area (Å²) in [5.74, 6) is 1.37. The van der Waals surface area contributed by atoms with E-state index in [0.717, 1.165) is 31.1 Å². The quantitative estimate of drug-likeness (QED) is 0.577. The minimum Gasteiger partial charge on any atom is -0.493 e. The molecule has 0 N–H and O–H groups in total. The van der Waals surface area contributed by atoms with Gasteiger partial charge in [-0.3, -0.25) is 4.90 Å². The molecule has 8 heteroatoms. The molecule has 2 aromatic rings. The van der Waals surface area contributed by atoms with Crippen LogP contribution in [0.5, 0.6) is 11.5 Å². The van der Waals surface area contributed by atoms with Gasteiger partial charge in [0.15, 0.2) is 11.5 Å². The Balaban J connectivity index is 1.73. The fraction of sp³-hybridized carbons (Fsp3) is 0.455. The summed E-state index contributed by atoms with van der Waals surface area (Å²) in [4.78, 5) is 4.34. The van der Waals surface area contributed by atoms with Gasteiger partial charge in [0.1, 0.15) is 0 Å². The predicted octanol–water partition coefficient (Wildman–Crippen LogP) is 5.65. The number of anilines is 1. The van der Waals surface area contributed by atoms with E-state index in [2.05, 4.69) is 11.8 Å². The molecule has 4 nitrogen and oxygen atoms in total. The number of benzene rings is 2. The summed E-state index contributed by atoms with van der Waals surface area (Å²) < 4.78 is 50.3. The number of hydrogen-bond donors (Lipinski definition) is 0. The van der Waals surface area contributed by atoms with Crippen LogP contribution >= 0.6 is 11.6 Å². The van der Waals surface area contributed by atoms with Gasteiger partial charge in [0, 0.05) is 37.9 Å². The van der Waals surface area contributed by atoms with Crippen molar-refractivity contribution in [1.29, 1.82) is 0 Å². The van der Waals surface area contributed by atoms with Crippen LogP contribution in [0, 0.1) is 0 Å². The van der Waals surface area contributed by atoms with Crippen molar-refractivity contribution in [3.05, 3.63) is 52.5 Å². The molecule has 1 fully saturated rings. The van der Waals surface area contributed by atoms with E-state index in [1.807, 2.05) is 23.1 Å². The summed E-state index contributed by atoms with van der Waals surface area (Å²) in [7, 11) is 3.22. The van der Waals surface area contributed by atoms with Crippen LogP contribution in [0.15, 0.2) is 36.4 Å². The van der Waals surface area contributed by atoms with Crippen molar-refractivity contribution < 1.29 is 22.6 Å². The number of hydrogen-bond acceptors (Lipinski definition) is 4. The molecule has 2 aromatic carbocycles. The molecule has 1 aliphatic rings.